The first kappa shape index (κ1) is 12.4. The van der Waals surface area contributed by atoms with Crippen LogP contribution in [0.25, 0.3) is 0 Å². The zero-order valence-corrected chi connectivity index (χ0v) is 10.1. The largest absolute Gasteiger partial charge is 0.492 e. The molecule has 0 unspecified atom stereocenters. The van der Waals surface area contributed by atoms with Gasteiger partial charge in [0.25, 0.3) is 0 Å². The van der Waals surface area contributed by atoms with Crippen molar-refractivity contribution in [3.05, 3.63) is 28.8 Å². The lowest BCUT2D eigenvalue weighted by Gasteiger charge is -2.35. The molecule has 4 nitrogen and oxygen atoms in total. The maximum absolute atomic E-state index is 10.6. The Morgan fingerprint density at radius 3 is 2.88 bits per heavy atom. The number of nitrogens with zero attached hydrogens (tertiary/aromatic N) is 1. The van der Waals surface area contributed by atoms with Crippen molar-refractivity contribution in [2.24, 2.45) is 0 Å². The molecule has 0 aliphatic carbocycles. The molecular weight excluding hydrogens is 242 g/mol. The molecule has 0 spiro atoms. The van der Waals surface area contributed by atoms with E-state index in [1.807, 2.05) is 0 Å². The maximum atomic E-state index is 10.6. The molecule has 1 aromatic rings. The highest BCUT2D eigenvalue weighted by Gasteiger charge is 2.23. The monoisotopic (exact) mass is 255 g/mol. The Hall–Kier alpha value is -1.10. The number of halogens is 1. The van der Waals surface area contributed by atoms with Crippen LogP contribution in [0.5, 0.6) is 5.75 Å². The van der Waals surface area contributed by atoms with Crippen molar-refractivity contribution >= 4 is 17.9 Å². The molecule has 17 heavy (non-hydrogen) atoms. The molecule has 0 atom stereocenters. The van der Waals surface area contributed by atoms with Crippen molar-refractivity contribution < 1.29 is 14.6 Å². The van der Waals surface area contributed by atoms with E-state index in [0.717, 1.165) is 6.54 Å². The van der Waals surface area contributed by atoms with Crippen molar-refractivity contribution in [1.82, 2.24) is 4.90 Å². The van der Waals surface area contributed by atoms with Crippen LogP contribution in [0.15, 0.2) is 18.2 Å². The number of carbonyl (C=O) groups excluding carboxylic acids is 1. The normalized spacial score (nSPS) is 16.6. The van der Waals surface area contributed by atoms with E-state index in [9.17, 15) is 4.79 Å². The number of aldehydes is 1. The first-order valence-corrected chi connectivity index (χ1v) is 5.85. The fraction of sp³-hybridized carbons (Fsp3) is 0.417. The number of hydrogen-bond acceptors (Lipinski definition) is 4. The lowest BCUT2D eigenvalue weighted by Crippen LogP contribution is -2.51. The Kier molecular flexibility index (Phi) is 3.99. The van der Waals surface area contributed by atoms with Gasteiger partial charge >= 0.3 is 0 Å². The Balaban J connectivity index is 1.79. The van der Waals surface area contributed by atoms with Gasteiger partial charge in [0.2, 0.25) is 0 Å². The number of aliphatic hydroxyl groups is 1. The average Bonchev–Trinajstić information content (AvgIpc) is 2.27. The molecule has 0 aromatic heterocycles. The third-order valence-electron chi connectivity index (χ3n) is 2.71. The third kappa shape index (κ3) is 3.19. The smallest absolute Gasteiger partial charge is 0.151 e. The first-order valence-electron chi connectivity index (χ1n) is 5.47. The summed E-state index contributed by atoms with van der Waals surface area (Å²) in [6.45, 7) is 2.76. The average molecular weight is 256 g/mol. The van der Waals surface area contributed by atoms with Gasteiger partial charge in [-0.3, -0.25) is 9.69 Å². The number of likely N-dealkylation sites (tertiary alicyclic amines) is 1. The molecule has 0 radical (unpaired) electrons. The van der Waals surface area contributed by atoms with Gasteiger partial charge in [-0.15, -0.1) is 0 Å². The summed E-state index contributed by atoms with van der Waals surface area (Å²) in [5, 5.41) is 9.50. The van der Waals surface area contributed by atoms with Crippen molar-refractivity contribution in [2.75, 3.05) is 26.2 Å². The van der Waals surface area contributed by atoms with Gasteiger partial charge in [0.15, 0.2) is 6.29 Å². The van der Waals surface area contributed by atoms with Crippen molar-refractivity contribution in [3.8, 4) is 5.75 Å². The first-order chi connectivity index (χ1) is 8.19. The molecule has 92 valence electrons. The second-order valence-electron chi connectivity index (χ2n) is 4.06. The van der Waals surface area contributed by atoms with E-state index in [1.165, 1.54) is 0 Å². The van der Waals surface area contributed by atoms with E-state index < -0.39 is 0 Å². The van der Waals surface area contributed by atoms with E-state index in [2.05, 4.69) is 4.90 Å². The van der Waals surface area contributed by atoms with Crippen molar-refractivity contribution in [2.45, 2.75) is 6.10 Å². The second-order valence-corrected chi connectivity index (χ2v) is 4.47. The molecule has 1 aliphatic rings. The Labute approximate surface area is 105 Å². The van der Waals surface area contributed by atoms with Crippen LogP contribution >= 0.6 is 11.6 Å². The molecule has 2 rings (SSSR count). The molecule has 1 saturated heterocycles. The number of ether oxygens (including phenoxy) is 1. The summed E-state index contributed by atoms with van der Waals surface area (Å²) in [5.74, 6) is 0.654. The Bertz CT molecular complexity index is 405. The van der Waals surface area contributed by atoms with Crippen molar-refractivity contribution in [1.29, 1.82) is 0 Å². The lowest BCUT2D eigenvalue weighted by molar-refractivity contribution is -0.00387. The van der Waals surface area contributed by atoms with E-state index in [4.69, 9.17) is 21.4 Å². The minimum absolute atomic E-state index is 0.184. The molecular formula is C12H14ClNO3. The number of rotatable bonds is 5. The van der Waals surface area contributed by atoms with Gasteiger partial charge < -0.3 is 9.84 Å². The summed E-state index contributed by atoms with van der Waals surface area (Å²) in [6, 6.07) is 4.99. The molecule has 5 heteroatoms. The summed E-state index contributed by atoms with van der Waals surface area (Å²) in [4.78, 5) is 12.7. The van der Waals surface area contributed by atoms with E-state index in [0.29, 0.717) is 42.3 Å². The van der Waals surface area contributed by atoms with E-state index in [1.54, 1.807) is 18.2 Å². The standard InChI is InChI=1S/C12H14ClNO3/c13-12-5-11(2-1-9(12)8-15)17-4-3-14-6-10(16)7-14/h1-2,5,8,10,16H,3-4,6-7H2. The highest BCUT2D eigenvalue weighted by Crippen LogP contribution is 2.21. The molecule has 0 amide bonds. The molecule has 1 aliphatic heterocycles. The van der Waals surface area contributed by atoms with Crippen LogP contribution in [0.1, 0.15) is 10.4 Å². The summed E-state index contributed by atoms with van der Waals surface area (Å²) in [5.41, 5.74) is 0.463. The van der Waals surface area contributed by atoms with Crippen molar-refractivity contribution in [3.63, 3.8) is 0 Å². The second kappa shape index (κ2) is 5.49. The van der Waals surface area contributed by atoms with Gasteiger partial charge in [0, 0.05) is 25.2 Å². The number of β-amino-alcohol motifs (C(OH)–C–C–N with tert-alkyl or cyclic N) is 1. The number of carbonyl (C=O) groups is 1. The van der Waals surface area contributed by atoms with Crippen LogP contribution in [0, 0.1) is 0 Å². The highest BCUT2D eigenvalue weighted by atomic mass is 35.5. The van der Waals surface area contributed by atoms with Gasteiger partial charge in [-0.2, -0.15) is 0 Å². The van der Waals surface area contributed by atoms with Crippen LogP contribution in [-0.2, 0) is 0 Å². The van der Waals surface area contributed by atoms with Gasteiger partial charge in [-0.25, -0.2) is 0 Å². The van der Waals surface area contributed by atoms with Crippen LogP contribution in [0.2, 0.25) is 5.02 Å². The molecule has 1 aromatic carbocycles. The molecule has 0 saturated carbocycles. The number of hydrogen-bond donors (Lipinski definition) is 1. The molecule has 1 N–H and O–H groups in total. The number of aliphatic hydroxyl groups excluding tert-OH is 1. The zero-order chi connectivity index (χ0) is 12.3. The van der Waals surface area contributed by atoms with Gasteiger partial charge in [-0.05, 0) is 18.2 Å². The summed E-state index contributed by atoms with van der Waals surface area (Å²) in [6.07, 6.45) is 0.532. The predicted octanol–water partition coefficient (Wildman–Crippen LogP) is 1.21. The summed E-state index contributed by atoms with van der Waals surface area (Å²) in [7, 11) is 0. The molecule has 0 bridgehead atoms. The zero-order valence-electron chi connectivity index (χ0n) is 9.30. The minimum Gasteiger partial charge on any atom is -0.492 e. The maximum Gasteiger partial charge on any atom is 0.151 e. The van der Waals surface area contributed by atoms with Gasteiger partial charge in [-0.1, -0.05) is 11.6 Å². The van der Waals surface area contributed by atoms with Crippen LogP contribution < -0.4 is 4.74 Å². The Morgan fingerprint density at radius 2 is 2.29 bits per heavy atom. The summed E-state index contributed by atoms with van der Waals surface area (Å²) < 4.78 is 5.50. The third-order valence-corrected chi connectivity index (χ3v) is 3.04. The predicted molar refractivity (Wildman–Crippen MR) is 64.8 cm³/mol. The highest BCUT2D eigenvalue weighted by molar-refractivity contribution is 6.33. The van der Waals surface area contributed by atoms with Gasteiger partial charge in [0.05, 0.1) is 11.1 Å². The minimum atomic E-state index is -0.184. The molecule has 1 fully saturated rings. The fourth-order valence-corrected chi connectivity index (χ4v) is 1.93. The Morgan fingerprint density at radius 1 is 1.53 bits per heavy atom. The van der Waals surface area contributed by atoms with Crippen LogP contribution in [0.3, 0.4) is 0 Å². The fourth-order valence-electron chi connectivity index (χ4n) is 1.71. The SMILES string of the molecule is O=Cc1ccc(OCCN2CC(O)C2)cc1Cl. The van der Waals surface area contributed by atoms with Gasteiger partial charge in [0.1, 0.15) is 12.4 Å². The lowest BCUT2D eigenvalue weighted by atomic mass is 10.2. The topological polar surface area (TPSA) is 49.8 Å². The summed E-state index contributed by atoms with van der Waals surface area (Å²) >= 11 is 5.87. The quantitative estimate of drug-likeness (QED) is 0.804. The molecule has 1 heterocycles. The van der Waals surface area contributed by atoms with Crippen LogP contribution in [-0.4, -0.2) is 48.6 Å². The van der Waals surface area contributed by atoms with E-state index >= 15 is 0 Å². The van der Waals surface area contributed by atoms with E-state index in [-0.39, 0.29) is 6.10 Å². The van der Waals surface area contributed by atoms with Crippen LogP contribution in [0.4, 0.5) is 0 Å². The number of benzene rings is 1.